The van der Waals surface area contributed by atoms with Gasteiger partial charge < -0.3 is 4.74 Å². The Morgan fingerprint density at radius 2 is 1.86 bits per heavy atom. The number of ether oxygens (including phenoxy) is 1. The molecule has 2 atom stereocenters. The predicted octanol–water partition coefficient (Wildman–Crippen LogP) is 2.86. The molecule has 2 heterocycles. The molecule has 1 N–H and O–H groups in total. The first-order valence-corrected chi connectivity index (χ1v) is 11.2. The highest BCUT2D eigenvalue weighted by atomic mass is 32.2. The van der Waals surface area contributed by atoms with E-state index in [1.807, 2.05) is 54.6 Å². The number of benzene rings is 2. The number of hydrogen-bond acceptors (Lipinski definition) is 5. The van der Waals surface area contributed by atoms with Crippen molar-refractivity contribution in [2.75, 3.05) is 11.5 Å². The number of carbonyl (C=O) groups is 1. The van der Waals surface area contributed by atoms with E-state index in [4.69, 9.17) is 4.74 Å². The van der Waals surface area contributed by atoms with Gasteiger partial charge in [0.2, 0.25) is 5.91 Å². The van der Waals surface area contributed by atoms with Crippen LogP contribution in [0.25, 0.3) is 0 Å². The molecule has 4 rings (SSSR count). The van der Waals surface area contributed by atoms with Gasteiger partial charge in [-0.25, -0.2) is 13.8 Å². The fraction of sp³-hybridized carbons (Fsp3) is 0.333. The van der Waals surface area contributed by atoms with E-state index in [2.05, 4.69) is 10.5 Å². The first kappa shape index (κ1) is 18.7. The van der Waals surface area contributed by atoms with Crippen molar-refractivity contribution in [2.45, 2.75) is 25.4 Å². The van der Waals surface area contributed by atoms with Crippen LogP contribution >= 0.6 is 0 Å². The number of carbonyl (C=O) groups excluding carboxylic acids is 1. The van der Waals surface area contributed by atoms with Crippen molar-refractivity contribution < 1.29 is 17.9 Å². The number of hydrogen-bond donors (Lipinski definition) is 1. The minimum atomic E-state index is -2.99. The van der Waals surface area contributed by atoms with Crippen molar-refractivity contribution in [1.82, 2.24) is 5.43 Å². The lowest BCUT2D eigenvalue weighted by atomic mass is 9.96. The lowest BCUT2D eigenvalue weighted by molar-refractivity contribution is -0.121. The number of para-hydroxylation sites is 1. The highest BCUT2D eigenvalue weighted by Gasteiger charge is 2.30. The molecule has 1 fully saturated rings. The van der Waals surface area contributed by atoms with Crippen molar-refractivity contribution in [3.8, 4) is 5.75 Å². The third kappa shape index (κ3) is 4.25. The Morgan fingerprint density at radius 1 is 1.11 bits per heavy atom. The number of nitrogens with one attached hydrogen (secondary N) is 1. The second kappa shape index (κ2) is 7.75. The highest BCUT2D eigenvalue weighted by molar-refractivity contribution is 7.91. The fourth-order valence-corrected chi connectivity index (χ4v) is 5.58. The quantitative estimate of drug-likeness (QED) is 0.803. The van der Waals surface area contributed by atoms with Gasteiger partial charge in [-0.1, -0.05) is 42.5 Å². The molecule has 0 spiro atoms. The van der Waals surface area contributed by atoms with Crippen LogP contribution in [0.2, 0.25) is 0 Å². The molecule has 146 valence electrons. The van der Waals surface area contributed by atoms with Gasteiger partial charge in [-0.15, -0.1) is 0 Å². The molecule has 0 bridgehead atoms. The zero-order valence-electron chi connectivity index (χ0n) is 15.4. The average molecular weight is 398 g/mol. The van der Waals surface area contributed by atoms with Gasteiger partial charge in [0, 0.05) is 18.4 Å². The van der Waals surface area contributed by atoms with Crippen molar-refractivity contribution in [2.24, 2.45) is 11.0 Å². The molecule has 28 heavy (non-hydrogen) atoms. The number of sulfone groups is 1. The number of amides is 1. The van der Waals surface area contributed by atoms with Crippen LogP contribution in [0, 0.1) is 5.92 Å². The van der Waals surface area contributed by atoms with E-state index in [0.717, 1.165) is 22.6 Å². The first-order chi connectivity index (χ1) is 13.5. The van der Waals surface area contributed by atoms with Crippen LogP contribution in [0.5, 0.6) is 5.75 Å². The summed E-state index contributed by atoms with van der Waals surface area (Å²) in [6, 6.07) is 17.5. The van der Waals surface area contributed by atoms with Gasteiger partial charge in [0.15, 0.2) is 9.84 Å². The van der Waals surface area contributed by atoms with Gasteiger partial charge in [0.25, 0.3) is 0 Å². The number of fused-ring (bicyclic) bond motifs is 1. The Balaban J connectivity index is 1.49. The maximum atomic E-state index is 12.3. The van der Waals surface area contributed by atoms with E-state index in [1.165, 1.54) is 0 Å². The molecule has 0 saturated carbocycles. The van der Waals surface area contributed by atoms with E-state index < -0.39 is 9.84 Å². The van der Waals surface area contributed by atoms with Crippen molar-refractivity contribution in [3.05, 3.63) is 65.7 Å². The van der Waals surface area contributed by atoms with Crippen LogP contribution in [0.4, 0.5) is 0 Å². The summed E-state index contributed by atoms with van der Waals surface area (Å²) in [5.74, 6) is 0.615. The summed E-state index contributed by atoms with van der Waals surface area (Å²) in [5.41, 5.74) is 5.28. The van der Waals surface area contributed by atoms with Gasteiger partial charge in [0.05, 0.1) is 17.2 Å². The summed E-state index contributed by atoms with van der Waals surface area (Å²) in [6.07, 6.45) is 1.08. The Morgan fingerprint density at radius 3 is 2.61 bits per heavy atom. The van der Waals surface area contributed by atoms with E-state index in [1.54, 1.807) is 0 Å². The molecule has 2 aromatic carbocycles. The van der Waals surface area contributed by atoms with Crippen LogP contribution in [-0.2, 0) is 14.6 Å². The lowest BCUT2D eigenvalue weighted by Gasteiger charge is -2.27. The minimum Gasteiger partial charge on any atom is -0.485 e. The van der Waals surface area contributed by atoms with Crippen LogP contribution < -0.4 is 10.2 Å². The smallest absolute Gasteiger partial charge is 0.240 e. The molecule has 2 aromatic rings. The maximum Gasteiger partial charge on any atom is 0.240 e. The summed E-state index contributed by atoms with van der Waals surface area (Å²) in [5, 5.41) is 4.37. The van der Waals surface area contributed by atoms with Gasteiger partial charge in [-0.3, -0.25) is 4.79 Å². The minimum absolute atomic E-state index is 0.0870. The van der Waals surface area contributed by atoms with E-state index >= 15 is 0 Å². The maximum absolute atomic E-state index is 12.3. The standard InChI is InChI=1S/C21H22N2O4S/c24-21(12-15-10-11-28(25,26)14-15)23-22-18-13-20(16-6-2-1-3-7-16)27-19-9-5-4-8-17(18)19/h1-9,15,20H,10-14H2,(H,23,24). The van der Waals surface area contributed by atoms with Crippen molar-refractivity contribution >= 4 is 21.5 Å². The molecular weight excluding hydrogens is 376 g/mol. The highest BCUT2D eigenvalue weighted by Crippen LogP contribution is 2.35. The Kier molecular flexibility index (Phi) is 5.17. The molecule has 0 aliphatic carbocycles. The molecule has 0 aromatic heterocycles. The number of hydrazone groups is 1. The van der Waals surface area contributed by atoms with Crippen LogP contribution in [-0.4, -0.2) is 31.5 Å². The summed E-state index contributed by atoms with van der Waals surface area (Å²) in [7, 11) is -2.99. The molecule has 0 radical (unpaired) electrons. The zero-order valence-corrected chi connectivity index (χ0v) is 16.2. The third-order valence-corrected chi connectivity index (χ3v) is 6.97. The molecule has 7 heteroatoms. The van der Waals surface area contributed by atoms with Gasteiger partial charge >= 0.3 is 0 Å². The zero-order chi connectivity index (χ0) is 19.6. The van der Waals surface area contributed by atoms with E-state index in [9.17, 15) is 13.2 Å². The molecule has 1 saturated heterocycles. The fourth-order valence-electron chi connectivity index (χ4n) is 3.72. The molecule has 1 amide bonds. The summed E-state index contributed by atoms with van der Waals surface area (Å²) < 4.78 is 29.3. The molecule has 6 nitrogen and oxygen atoms in total. The molecule has 2 unspecified atom stereocenters. The van der Waals surface area contributed by atoms with Gasteiger partial charge in [-0.2, -0.15) is 5.10 Å². The van der Waals surface area contributed by atoms with Gasteiger partial charge in [0.1, 0.15) is 11.9 Å². The summed E-state index contributed by atoms with van der Waals surface area (Å²) in [4.78, 5) is 12.3. The average Bonchev–Trinajstić information content (AvgIpc) is 3.04. The largest absolute Gasteiger partial charge is 0.485 e. The lowest BCUT2D eigenvalue weighted by Crippen LogP contribution is -2.26. The predicted molar refractivity (Wildman–Crippen MR) is 107 cm³/mol. The molecule has 2 aliphatic rings. The Bertz CT molecular complexity index is 1000. The van der Waals surface area contributed by atoms with E-state index in [0.29, 0.717) is 12.8 Å². The normalized spacial score (nSPS) is 24.4. The summed E-state index contributed by atoms with van der Waals surface area (Å²) >= 11 is 0. The Hall–Kier alpha value is -2.67. The van der Waals surface area contributed by atoms with Crippen LogP contribution in [0.15, 0.2) is 59.7 Å². The number of rotatable bonds is 4. The topological polar surface area (TPSA) is 84.8 Å². The first-order valence-electron chi connectivity index (χ1n) is 9.37. The molecular formula is C21H22N2O4S. The number of nitrogens with zero attached hydrogens (tertiary/aromatic N) is 1. The second-order valence-electron chi connectivity index (χ2n) is 7.28. The Labute approximate surface area is 164 Å². The monoisotopic (exact) mass is 398 g/mol. The summed E-state index contributed by atoms with van der Waals surface area (Å²) in [6.45, 7) is 0. The van der Waals surface area contributed by atoms with Gasteiger partial charge in [-0.05, 0) is 30.0 Å². The SMILES string of the molecule is O=C(CC1CCS(=O)(=O)C1)NN=C1CC(c2ccccc2)Oc2ccccc21. The van der Waals surface area contributed by atoms with Crippen LogP contribution in [0.1, 0.15) is 36.5 Å². The molecule has 2 aliphatic heterocycles. The van der Waals surface area contributed by atoms with E-state index in [-0.39, 0.29) is 35.9 Å². The van der Waals surface area contributed by atoms with Crippen molar-refractivity contribution in [1.29, 1.82) is 0 Å². The third-order valence-electron chi connectivity index (χ3n) is 5.13. The van der Waals surface area contributed by atoms with Crippen molar-refractivity contribution in [3.63, 3.8) is 0 Å². The van der Waals surface area contributed by atoms with Crippen LogP contribution in [0.3, 0.4) is 0 Å². The second-order valence-corrected chi connectivity index (χ2v) is 9.51.